The first-order chi connectivity index (χ1) is 12.7. The van der Waals surface area contributed by atoms with Crippen molar-refractivity contribution in [3.05, 3.63) is 53.1 Å². The van der Waals surface area contributed by atoms with E-state index in [1.807, 2.05) is 37.4 Å². The second kappa shape index (κ2) is 7.28. The number of ether oxygens (including phenoxy) is 3. The summed E-state index contributed by atoms with van der Waals surface area (Å²) in [7, 11) is 1.83. The molecule has 2 aromatic rings. The number of rotatable bonds is 6. The largest absolute Gasteiger partial charge is 0.493 e. The summed E-state index contributed by atoms with van der Waals surface area (Å²) in [6, 6.07) is 11.7. The molecule has 0 unspecified atom stereocenters. The van der Waals surface area contributed by atoms with Crippen molar-refractivity contribution in [2.24, 2.45) is 0 Å². The Bertz CT molecular complexity index is 771. The number of hydrogen-bond donors (Lipinski definition) is 0. The van der Waals surface area contributed by atoms with Crippen LogP contribution in [0, 0.1) is 0 Å². The van der Waals surface area contributed by atoms with Crippen LogP contribution in [0.2, 0.25) is 0 Å². The zero-order chi connectivity index (χ0) is 17.9. The van der Waals surface area contributed by atoms with Gasteiger partial charge in [0.05, 0.1) is 26.2 Å². The minimum Gasteiger partial charge on any atom is -0.493 e. The van der Waals surface area contributed by atoms with Crippen molar-refractivity contribution in [3.8, 4) is 17.2 Å². The lowest BCUT2D eigenvalue weighted by molar-refractivity contribution is -0.130. The minimum absolute atomic E-state index is 0.0594. The summed E-state index contributed by atoms with van der Waals surface area (Å²) in [5.41, 5.74) is 3.48. The Morgan fingerprint density at radius 1 is 1.15 bits per heavy atom. The first-order valence-corrected chi connectivity index (χ1v) is 9.07. The monoisotopic (exact) mass is 353 g/mol. The van der Waals surface area contributed by atoms with Crippen molar-refractivity contribution in [1.82, 2.24) is 4.90 Å². The molecule has 0 aromatic heterocycles. The third-order valence-corrected chi connectivity index (χ3v) is 4.91. The van der Waals surface area contributed by atoms with Crippen molar-refractivity contribution in [2.75, 3.05) is 26.9 Å². The standard InChI is InChI=1S/C21H23NO4/c1-22(20(23)9-12-24-16-5-3-2-4-6-16)14-18-17-8-11-25-19(17)13-15-7-10-26-21(15)18/h2-6,13H,7-12,14H2,1H3. The summed E-state index contributed by atoms with van der Waals surface area (Å²) in [6.07, 6.45) is 2.13. The molecule has 2 aliphatic heterocycles. The summed E-state index contributed by atoms with van der Waals surface area (Å²) in [5, 5.41) is 0. The fourth-order valence-electron chi connectivity index (χ4n) is 3.54. The average molecular weight is 353 g/mol. The van der Waals surface area contributed by atoms with Gasteiger partial charge in [0.15, 0.2) is 0 Å². The molecule has 0 fully saturated rings. The summed E-state index contributed by atoms with van der Waals surface area (Å²) >= 11 is 0. The molecule has 2 heterocycles. The van der Waals surface area contributed by atoms with E-state index in [1.165, 1.54) is 11.1 Å². The lowest BCUT2D eigenvalue weighted by Gasteiger charge is -2.21. The summed E-state index contributed by atoms with van der Waals surface area (Å²) in [5.74, 6) is 2.75. The molecule has 0 spiro atoms. The Morgan fingerprint density at radius 2 is 1.96 bits per heavy atom. The Hall–Kier alpha value is -2.69. The summed E-state index contributed by atoms with van der Waals surface area (Å²) in [6.45, 7) is 2.32. The highest BCUT2D eigenvalue weighted by Gasteiger charge is 2.27. The number of carbonyl (C=O) groups is 1. The summed E-state index contributed by atoms with van der Waals surface area (Å²) < 4.78 is 17.2. The molecule has 5 heteroatoms. The zero-order valence-corrected chi connectivity index (χ0v) is 15.0. The van der Waals surface area contributed by atoms with Gasteiger partial charge >= 0.3 is 0 Å². The first kappa shape index (κ1) is 16.8. The predicted octanol–water partition coefficient (Wildman–Crippen LogP) is 2.98. The molecule has 0 saturated heterocycles. The molecule has 0 saturated carbocycles. The minimum atomic E-state index is 0.0594. The van der Waals surface area contributed by atoms with Gasteiger partial charge in [0.2, 0.25) is 5.91 Å². The molecule has 136 valence electrons. The van der Waals surface area contributed by atoms with Gasteiger partial charge in [-0.25, -0.2) is 0 Å². The second-order valence-electron chi connectivity index (χ2n) is 6.68. The number of benzene rings is 2. The van der Waals surface area contributed by atoms with E-state index in [9.17, 15) is 4.79 Å². The van der Waals surface area contributed by atoms with E-state index in [0.29, 0.717) is 32.8 Å². The maximum atomic E-state index is 12.5. The molecule has 4 rings (SSSR count). The SMILES string of the molecule is CN(Cc1c2c(cc3c1OCC3)OCC2)C(=O)CCOc1ccccc1. The van der Waals surface area contributed by atoms with Gasteiger partial charge in [0.1, 0.15) is 17.2 Å². The maximum Gasteiger partial charge on any atom is 0.226 e. The molecular formula is C21H23NO4. The third kappa shape index (κ3) is 3.34. The lowest BCUT2D eigenvalue weighted by Crippen LogP contribution is -2.28. The molecular weight excluding hydrogens is 330 g/mol. The highest BCUT2D eigenvalue weighted by atomic mass is 16.5. The van der Waals surface area contributed by atoms with Crippen molar-refractivity contribution in [1.29, 1.82) is 0 Å². The van der Waals surface area contributed by atoms with Crippen LogP contribution in [-0.4, -0.2) is 37.7 Å². The molecule has 0 aliphatic carbocycles. The van der Waals surface area contributed by atoms with Gasteiger partial charge in [-0.15, -0.1) is 0 Å². The van der Waals surface area contributed by atoms with E-state index in [2.05, 4.69) is 6.07 Å². The smallest absolute Gasteiger partial charge is 0.226 e. The van der Waals surface area contributed by atoms with Crippen molar-refractivity contribution in [2.45, 2.75) is 25.8 Å². The van der Waals surface area contributed by atoms with E-state index in [-0.39, 0.29) is 5.91 Å². The van der Waals surface area contributed by atoms with Gasteiger partial charge in [0, 0.05) is 43.1 Å². The molecule has 0 bridgehead atoms. The zero-order valence-electron chi connectivity index (χ0n) is 15.0. The second-order valence-corrected chi connectivity index (χ2v) is 6.68. The van der Waals surface area contributed by atoms with Gasteiger partial charge in [-0.1, -0.05) is 18.2 Å². The highest BCUT2D eigenvalue weighted by Crippen LogP contribution is 2.41. The van der Waals surface area contributed by atoms with Gasteiger partial charge < -0.3 is 19.1 Å². The van der Waals surface area contributed by atoms with E-state index < -0.39 is 0 Å². The van der Waals surface area contributed by atoms with Crippen LogP contribution < -0.4 is 14.2 Å². The van der Waals surface area contributed by atoms with E-state index in [0.717, 1.165) is 35.7 Å². The number of amides is 1. The Kier molecular flexibility index (Phi) is 4.69. The highest BCUT2D eigenvalue weighted by molar-refractivity contribution is 5.76. The van der Waals surface area contributed by atoms with Crippen molar-refractivity contribution < 1.29 is 19.0 Å². The Morgan fingerprint density at radius 3 is 2.81 bits per heavy atom. The van der Waals surface area contributed by atoms with Gasteiger partial charge in [-0.3, -0.25) is 4.79 Å². The molecule has 2 aromatic carbocycles. The lowest BCUT2D eigenvalue weighted by atomic mass is 9.99. The number of fused-ring (bicyclic) bond motifs is 2. The maximum absolute atomic E-state index is 12.5. The van der Waals surface area contributed by atoms with Crippen molar-refractivity contribution in [3.63, 3.8) is 0 Å². The quantitative estimate of drug-likeness (QED) is 0.801. The predicted molar refractivity (Wildman–Crippen MR) is 97.9 cm³/mol. The third-order valence-electron chi connectivity index (χ3n) is 4.91. The van der Waals surface area contributed by atoms with Gasteiger partial charge in [-0.05, 0) is 18.2 Å². The van der Waals surface area contributed by atoms with E-state index in [1.54, 1.807) is 4.90 Å². The Balaban J connectivity index is 1.40. The topological polar surface area (TPSA) is 48.0 Å². The number of para-hydroxylation sites is 1. The molecule has 2 aliphatic rings. The summed E-state index contributed by atoms with van der Waals surface area (Å²) in [4.78, 5) is 14.3. The molecule has 0 N–H and O–H groups in total. The fraction of sp³-hybridized carbons (Fsp3) is 0.381. The van der Waals surface area contributed by atoms with Crippen LogP contribution in [0.5, 0.6) is 17.2 Å². The first-order valence-electron chi connectivity index (χ1n) is 9.07. The van der Waals surface area contributed by atoms with Gasteiger partial charge in [0.25, 0.3) is 0 Å². The van der Waals surface area contributed by atoms with Crippen LogP contribution in [0.15, 0.2) is 36.4 Å². The van der Waals surface area contributed by atoms with Gasteiger partial charge in [-0.2, -0.15) is 0 Å². The molecule has 26 heavy (non-hydrogen) atoms. The number of nitrogens with zero attached hydrogens (tertiary/aromatic N) is 1. The average Bonchev–Trinajstić information content (AvgIpc) is 3.31. The Labute approximate surface area is 153 Å². The normalized spacial score (nSPS) is 14.2. The van der Waals surface area contributed by atoms with E-state index >= 15 is 0 Å². The van der Waals surface area contributed by atoms with Crippen LogP contribution >= 0.6 is 0 Å². The van der Waals surface area contributed by atoms with Crippen LogP contribution in [0.25, 0.3) is 0 Å². The van der Waals surface area contributed by atoms with Crippen LogP contribution in [0.1, 0.15) is 23.1 Å². The van der Waals surface area contributed by atoms with E-state index in [4.69, 9.17) is 14.2 Å². The van der Waals surface area contributed by atoms with Crippen LogP contribution in [-0.2, 0) is 24.2 Å². The molecule has 0 radical (unpaired) electrons. The van der Waals surface area contributed by atoms with Crippen LogP contribution in [0.4, 0.5) is 0 Å². The molecule has 0 atom stereocenters. The number of carbonyl (C=O) groups excluding carboxylic acids is 1. The van der Waals surface area contributed by atoms with Crippen LogP contribution in [0.3, 0.4) is 0 Å². The molecule has 5 nitrogen and oxygen atoms in total. The molecule has 1 amide bonds. The number of hydrogen-bond acceptors (Lipinski definition) is 4. The van der Waals surface area contributed by atoms with Crippen molar-refractivity contribution >= 4 is 5.91 Å². The fourth-order valence-corrected chi connectivity index (χ4v) is 3.54.